The molecule has 10 nitrogen and oxygen atoms in total. The van der Waals surface area contributed by atoms with Crippen molar-refractivity contribution in [3.63, 3.8) is 0 Å². The summed E-state index contributed by atoms with van der Waals surface area (Å²) < 4.78 is 4.15. The molecule has 6 aromatic rings. The first-order valence-electron chi connectivity index (χ1n) is 15.3. The maximum Gasteiger partial charge on any atom is 0.350 e. The summed E-state index contributed by atoms with van der Waals surface area (Å²) >= 11 is 0. The quantitative estimate of drug-likeness (QED) is 0.0383. The first-order chi connectivity index (χ1) is 22.5. The number of nitrogen functional groups attached to an aromatic ring is 2. The van der Waals surface area contributed by atoms with Gasteiger partial charge in [0.05, 0.1) is 35.7 Å². The number of benzene rings is 4. The summed E-state index contributed by atoms with van der Waals surface area (Å²) in [5.41, 5.74) is 13.7. The largest absolute Gasteiger partial charge is 0.506 e. The van der Waals surface area contributed by atoms with Crippen LogP contribution in [0.2, 0.25) is 0 Å². The fourth-order valence-corrected chi connectivity index (χ4v) is 5.49. The summed E-state index contributed by atoms with van der Waals surface area (Å²) in [6, 6.07) is 30.2. The fraction of sp³-hybridized carbons (Fsp3) is 0.167. The average Bonchev–Trinajstić information content (AvgIpc) is 3.08. The second kappa shape index (κ2) is 13.8. The number of aryl methyl sites for hydroxylation is 2. The van der Waals surface area contributed by atoms with Crippen molar-refractivity contribution >= 4 is 55.9 Å². The van der Waals surface area contributed by atoms with Crippen LogP contribution in [0.1, 0.15) is 25.7 Å². The Labute approximate surface area is 266 Å². The van der Waals surface area contributed by atoms with Gasteiger partial charge in [0.15, 0.2) is 0 Å². The van der Waals surface area contributed by atoms with Gasteiger partial charge in [-0.2, -0.15) is 0 Å². The molecule has 0 radical (unpaired) electrons. The van der Waals surface area contributed by atoms with Gasteiger partial charge in [-0.15, -0.1) is 0 Å². The van der Waals surface area contributed by atoms with Crippen molar-refractivity contribution in [1.82, 2.24) is 0 Å². The molecule has 0 atom stereocenters. The number of nitrogens with two attached hydrogens (primary N) is 2. The first-order valence-corrected chi connectivity index (χ1v) is 15.3. The van der Waals surface area contributed by atoms with Crippen molar-refractivity contribution in [3.05, 3.63) is 109 Å². The summed E-state index contributed by atoms with van der Waals surface area (Å²) in [5, 5.41) is 41.9. The third-order valence-electron chi connectivity index (χ3n) is 7.96. The molecule has 6 rings (SSSR count). The average molecular weight is 613 g/mol. The molecule has 2 aromatic heterocycles. The number of phenolic OH excluding ortho intramolecular Hbond substituents is 2. The van der Waals surface area contributed by atoms with Crippen molar-refractivity contribution in [2.45, 2.75) is 38.8 Å². The molecular formula is C36H36N8O2+2. The van der Waals surface area contributed by atoms with Gasteiger partial charge < -0.3 is 21.7 Å². The lowest BCUT2D eigenvalue weighted by molar-refractivity contribution is -0.686. The van der Waals surface area contributed by atoms with Crippen LogP contribution in [0.3, 0.4) is 0 Å². The molecule has 0 aliphatic rings. The molecule has 0 spiro atoms. The number of aromatic hydroxyl groups is 2. The molecule has 0 aliphatic heterocycles. The zero-order chi connectivity index (χ0) is 31.9. The molecule has 0 saturated carbocycles. The number of unbranched alkanes of at least 4 members (excludes halogenated alkanes) is 3. The minimum absolute atomic E-state index is 0.00718. The van der Waals surface area contributed by atoms with Crippen molar-refractivity contribution in [2.75, 3.05) is 11.5 Å². The number of hydrogen-bond donors (Lipinski definition) is 4. The normalized spacial score (nSPS) is 11.7. The van der Waals surface area contributed by atoms with E-state index < -0.39 is 0 Å². The van der Waals surface area contributed by atoms with Gasteiger partial charge in [-0.25, -0.2) is 9.13 Å². The lowest BCUT2D eigenvalue weighted by atomic mass is 10.1. The standard InChI is InChI=1S/C36H34N8O2/c37-33-29(45)23-25-13-3-5-15-27(25)35(33)41-39-31-17-7-11-21-43(31)19-9-1-2-10-20-44-22-12-8-18-32(44)40-42-36-28-16-6-4-14-26(28)24-30(46)34(36)38/h3-8,11-18,21-24,37-38H,1-2,9-10,19-20H2,(H2,41,42,45,46)/p+2. The van der Waals surface area contributed by atoms with Crippen molar-refractivity contribution in [1.29, 1.82) is 0 Å². The predicted molar refractivity (Wildman–Crippen MR) is 180 cm³/mol. The van der Waals surface area contributed by atoms with Gasteiger partial charge in [-0.05, 0) is 70.9 Å². The number of hydrogen-bond acceptors (Lipinski definition) is 8. The lowest BCUT2D eigenvalue weighted by Crippen LogP contribution is -2.34. The fourth-order valence-electron chi connectivity index (χ4n) is 5.49. The second-order valence-electron chi connectivity index (χ2n) is 11.1. The van der Waals surface area contributed by atoms with Gasteiger partial charge in [0.1, 0.15) is 34.2 Å². The third kappa shape index (κ3) is 6.61. The van der Waals surface area contributed by atoms with Crippen LogP contribution in [0.4, 0.5) is 34.4 Å². The highest BCUT2D eigenvalue weighted by molar-refractivity contribution is 6.01. The van der Waals surface area contributed by atoms with Gasteiger partial charge in [0.25, 0.3) is 0 Å². The van der Waals surface area contributed by atoms with E-state index in [2.05, 4.69) is 29.6 Å². The monoisotopic (exact) mass is 612 g/mol. The number of anilines is 2. The number of pyridine rings is 2. The Hall–Kier alpha value is -5.90. The Balaban J connectivity index is 1.06. The van der Waals surface area contributed by atoms with E-state index in [9.17, 15) is 10.2 Å². The molecule has 0 fully saturated rings. The highest BCUT2D eigenvalue weighted by atomic mass is 16.3. The van der Waals surface area contributed by atoms with Crippen molar-refractivity contribution < 1.29 is 19.3 Å². The number of fused-ring (bicyclic) bond motifs is 2. The van der Waals surface area contributed by atoms with E-state index in [0.29, 0.717) is 23.0 Å². The molecule has 0 saturated heterocycles. The molecule has 230 valence electrons. The van der Waals surface area contributed by atoms with Gasteiger partial charge in [-0.1, -0.05) is 60.7 Å². The first kappa shape index (κ1) is 30.1. The molecule has 46 heavy (non-hydrogen) atoms. The van der Waals surface area contributed by atoms with E-state index in [1.807, 2.05) is 97.3 Å². The summed E-state index contributed by atoms with van der Waals surface area (Å²) in [7, 11) is 0. The summed E-state index contributed by atoms with van der Waals surface area (Å²) in [4.78, 5) is 0. The summed E-state index contributed by atoms with van der Waals surface area (Å²) in [6.07, 6.45) is 8.03. The number of nitrogens with zero attached hydrogens (tertiary/aromatic N) is 6. The van der Waals surface area contributed by atoms with Gasteiger partial charge in [0.2, 0.25) is 0 Å². The molecule has 0 unspecified atom stereocenters. The van der Waals surface area contributed by atoms with Crippen molar-refractivity contribution in [2.24, 2.45) is 20.5 Å². The van der Waals surface area contributed by atoms with Crippen LogP contribution in [-0.4, -0.2) is 10.2 Å². The van der Waals surface area contributed by atoms with Gasteiger partial charge in [0, 0.05) is 22.9 Å². The van der Waals surface area contributed by atoms with E-state index in [0.717, 1.165) is 60.3 Å². The molecule has 0 bridgehead atoms. The van der Waals surface area contributed by atoms with E-state index in [1.54, 1.807) is 12.1 Å². The third-order valence-corrected chi connectivity index (χ3v) is 7.96. The maximum absolute atomic E-state index is 10.3. The van der Waals surface area contributed by atoms with Gasteiger partial charge >= 0.3 is 11.6 Å². The molecule has 10 heteroatoms. The second-order valence-corrected chi connectivity index (χ2v) is 11.1. The van der Waals surface area contributed by atoms with Crippen LogP contribution in [0.25, 0.3) is 21.5 Å². The van der Waals surface area contributed by atoms with E-state index in [1.165, 1.54) is 0 Å². The summed E-state index contributed by atoms with van der Waals surface area (Å²) in [6.45, 7) is 1.59. The molecule has 0 amide bonds. The smallest absolute Gasteiger partial charge is 0.350 e. The Morgan fingerprint density at radius 2 is 0.913 bits per heavy atom. The molecule has 6 N–H and O–H groups in total. The number of phenols is 2. The Bertz CT molecular complexity index is 1930. The SMILES string of the molecule is Nc1c(O)cc2ccccc2c1N=Nc1cccc[n+]1CCCCCC[n+]1ccccc1/N=N\c1c(N)c(O)cc2ccccc12. The highest BCUT2D eigenvalue weighted by Gasteiger charge is 2.16. The van der Waals surface area contributed by atoms with E-state index in [4.69, 9.17) is 11.5 Å². The van der Waals surface area contributed by atoms with E-state index in [-0.39, 0.29) is 22.9 Å². The minimum Gasteiger partial charge on any atom is -0.506 e. The van der Waals surface area contributed by atoms with Crippen LogP contribution in [-0.2, 0) is 13.1 Å². The highest BCUT2D eigenvalue weighted by Crippen LogP contribution is 2.40. The van der Waals surface area contributed by atoms with Gasteiger partial charge in [-0.3, -0.25) is 0 Å². The lowest BCUT2D eigenvalue weighted by Gasteiger charge is -2.06. The molecular weight excluding hydrogens is 576 g/mol. The number of aromatic nitrogens is 2. The van der Waals surface area contributed by atoms with Crippen molar-refractivity contribution in [3.8, 4) is 11.5 Å². The molecule has 4 aromatic carbocycles. The molecule has 2 heterocycles. The zero-order valence-corrected chi connectivity index (χ0v) is 25.4. The van der Waals surface area contributed by atoms with Crippen LogP contribution in [0.15, 0.2) is 130 Å². The maximum atomic E-state index is 10.3. The Morgan fingerprint density at radius 3 is 1.37 bits per heavy atom. The van der Waals surface area contributed by atoms with Crippen LogP contribution in [0, 0.1) is 0 Å². The number of azo groups is 2. The number of rotatable bonds is 11. The zero-order valence-electron chi connectivity index (χ0n) is 25.4. The topological polar surface area (TPSA) is 150 Å². The predicted octanol–water partition coefficient (Wildman–Crippen LogP) is 8.24. The van der Waals surface area contributed by atoms with Crippen LogP contribution < -0.4 is 20.6 Å². The summed E-state index contributed by atoms with van der Waals surface area (Å²) in [5.74, 6) is 1.41. The molecule has 0 aliphatic carbocycles. The Kier molecular flexibility index (Phi) is 9.05. The minimum atomic E-state index is -0.00718. The van der Waals surface area contributed by atoms with Crippen LogP contribution in [0.5, 0.6) is 11.5 Å². The van der Waals surface area contributed by atoms with E-state index >= 15 is 0 Å². The van der Waals surface area contributed by atoms with Crippen LogP contribution >= 0.6 is 0 Å². The Morgan fingerprint density at radius 1 is 0.500 bits per heavy atom.